The Hall–Kier alpha value is -7.74. The van der Waals surface area contributed by atoms with E-state index in [1.54, 1.807) is 0 Å². The predicted molar refractivity (Wildman–Crippen MR) is 263 cm³/mol. The average Bonchev–Trinajstić information content (AvgIpc) is 3.58. The highest BCUT2D eigenvalue weighted by molar-refractivity contribution is 5.97. The van der Waals surface area contributed by atoms with Gasteiger partial charge in [-0.2, -0.15) is 0 Å². The monoisotopic (exact) mass is 791 g/mol. The minimum atomic E-state index is -0.0974. The molecule has 294 valence electrons. The van der Waals surface area contributed by atoms with Crippen LogP contribution in [0.2, 0.25) is 0 Å². The number of hydrogen-bond donors (Lipinski definition) is 0. The fourth-order valence-corrected chi connectivity index (χ4v) is 9.89. The molecule has 0 saturated heterocycles. The van der Waals surface area contributed by atoms with E-state index in [0.29, 0.717) is 0 Å². The first-order valence-corrected chi connectivity index (χ1v) is 21.6. The topological polar surface area (TPSA) is 3.24 Å². The first kappa shape index (κ1) is 37.3. The fourth-order valence-electron chi connectivity index (χ4n) is 9.89. The third-order valence-corrected chi connectivity index (χ3v) is 12.9. The summed E-state index contributed by atoms with van der Waals surface area (Å²) in [6.45, 7) is 4.73. The van der Waals surface area contributed by atoms with Gasteiger partial charge in [0.25, 0.3) is 0 Å². The van der Waals surface area contributed by atoms with Gasteiger partial charge >= 0.3 is 0 Å². The van der Waals surface area contributed by atoms with E-state index in [2.05, 4.69) is 255 Å². The molecule has 0 unspecified atom stereocenters. The molecule has 0 aliphatic heterocycles. The molecule has 0 fully saturated rings. The minimum absolute atomic E-state index is 0.0974. The van der Waals surface area contributed by atoms with Crippen molar-refractivity contribution >= 4 is 27.8 Å². The van der Waals surface area contributed by atoms with Gasteiger partial charge in [0.05, 0.1) is 0 Å². The molecule has 0 amide bonds. The van der Waals surface area contributed by atoms with Crippen molar-refractivity contribution in [1.82, 2.24) is 0 Å². The zero-order chi connectivity index (χ0) is 41.6. The smallest absolute Gasteiger partial charge is 0.0467 e. The van der Waals surface area contributed by atoms with Crippen molar-refractivity contribution in [2.24, 2.45) is 0 Å². The van der Waals surface area contributed by atoms with Crippen LogP contribution in [0, 0.1) is 0 Å². The lowest BCUT2D eigenvalue weighted by Gasteiger charge is -2.27. The summed E-state index contributed by atoms with van der Waals surface area (Å²) < 4.78 is 0. The van der Waals surface area contributed by atoms with Crippen LogP contribution in [-0.4, -0.2) is 0 Å². The third kappa shape index (κ3) is 6.51. The van der Waals surface area contributed by atoms with Gasteiger partial charge < -0.3 is 4.90 Å². The predicted octanol–water partition coefficient (Wildman–Crippen LogP) is 17.0. The van der Waals surface area contributed by atoms with Crippen LogP contribution in [-0.2, 0) is 5.41 Å². The second-order valence-corrected chi connectivity index (χ2v) is 16.9. The number of rotatable bonds is 8. The first-order chi connectivity index (χ1) is 30.5. The Kier molecular flexibility index (Phi) is 9.24. The Balaban J connectivity index is 0.999. The average molecular weight is 792 g/mol. The summed E-state index contributed by atoms with van der Waals surface area (Å²) in [5.41, 5.74) is 20.8. The maximum Gasteiger partial charge on any atom is 0.0467 e. The van der Waals surface area contributed by atoms with Crippen molar-refractivity contribution in [2.75, 3.05) is 4.90 Å². The Morgan fingerprint density at radius 1 is 0.290 bits per heavy atom. The van der Waals surface area contributed by atoms with E-state index >= 15 is 0 Å². The number of nitrogens with zero attached hydrogens (tertiary/aromatic N) is 1. The maximum atomic E-state index is 2.39. The molecule has 0 heterocycles. The van der Waals surface area contributed by atoms with Crippen LogP contribution < -0.4 is 4.90 Å². The molecular formula is C61H45N. The van der Waals surface area contributed by atoms with Crippen LogP contribution in [0.15, 0.2) is 237 Å². The van der Waals surface area contributed by atoms with Gasteiger partial charge in [-0.25, -0.2) is 0 Å². The fraction of sp³-hybridized carbons (Fsp3) is 0.0492. The van der Waals surface area contributed by atoms with Gasteiger partial charge in [-0.05, 0) is 131 Å². The van der Waals surface area contributed by atoms with E-state index in [-0.39, 0.29) is 5.41 Å². The lowest BCUT2D eigenvalue weighted by molar-refractivity contribution is 0.662. The first-order valence-electron chi connectivity index (χ1n) is 21.6. The lowest BCUT2D eigenvalue weighted by Crippen LogP contribution is -2.16. The molecule has 0 bridgehead atoms. The molecule has 0 saturated carbocycles. The molecule has 0 atom stereocenters. The molecule has 0 spiro atoms. The Morgan fingerprint density at radius 2 is 0.774 bits per heavy atom. The van der Waals surface area contributed by atoms with Gasteiger partial charge in [0.15, 0.2) is 0 Å². The van der Waals surface area contributed by atoms with Crippen molar-refractivity contribution in [2.45, 2.75) is 19.3 Å². The van der Waals surface area contributed by atoms with Crippen molar-refractivity contribution in [3.63, 3.8) is 0 Å². The minimum Gasteiger partial charge on any atom is -0.310 e. The standard InChI is InChI=1S/C61H45N/c1-61(2)59-31-11-10-27-57(59)58-30-15-29-56(60(58)61)45-34-38-50(39-35-45)62(51-23-13-22-48(41-51)54-26-9-8-25-52(54)43-16-4-3-5-17-43)49-36-32-42(33-37-49)46-20-12-21-47(40-46)55-28-14-19-44-18-6-7-24-53(44)55/h3-41H,1-2H3. The van der Waals surface area contributed by atoms with Crippen molar-refractivity contribution in [3.8, 4) is 66.8 Å². The van der Waals surface area contributed by atoms with Crippen LogP contribution in [0.1, 0.15) is 25.0 Å². The van der Waals surface area contributed by atoms with Gasteiger partial charge in [-0.1, -0.05) is 208 Å². The lowest BCUT2D eigenvalue weighted by atomic mass is 9.79. The molecule has 0 N–H and O–H groups in total. The molecule has 0 aromatic heterocycles. The highest BCUT2D eigenvalue weighted by Gasteiger charge is 2.37. The zero-order valence-electron chi connectivity index (χ0n) is 35.0. The molecule has 1 nitrogen and oxygen atoms in total. The van der Waals surface area contributed by atoms with E-state index in [9.17, 15) is 0 Å². The van der Waals surface area contributed by atoms with Gasteiger partial charge in [0.2, 0.25) is 0 Å². The van der Waals surface area contributed by atoms with Gasteiger partial charge in [-0.3, -0.25) is 0 Å². The maximum absolute atomic E-state index is 2.39. The Labute approximate surface area is 364 Å². The quantitative estimate of drug-likeness (QED) is 0.148. The Morgan fingerprint density at radius 3 is 1.55 bits per heavy atom. The van der Waals surface area contributed by atoms with E-state index in [4.69, 9.17) is 0 Å². The summed E-state index contributed by atoms with van der Waals surface area (Å²) in [5, 5.41) is 2.52. The highest BCUT2D eigenvalue weighted by Crippen LogP contribution is 2.52. The highest BCUT2D eigenvalue weighted by atomic mass is 15.1. The molecular weight excluding hydrogens is 747 g/mol. The summed E-state index contributed by atoms with van der Waals surface area (Å²) in [5.74, 6) is 0. The number of fused-ring (bicyclic) bond motifs is 4. The van der Waals surface area contributed by atoms with E-state index in [1.165, 1.54) is 88.7 Å². The van der Waals surface area contributed by atoms with Crippen molar-refractivity contribution in [1.29, 1.82) is 0 Å². The van der Waals surface area contributed by atoms with Crippen LogP contribution in [0.25, 0.3) is 77.5 Å². The number of anilines is 3. The zero-order valence-corrected chi connectivity index (χ0v) is 35.0. The van der Waals surface area contributed by atoms with E-state index in [1.807, 2.05) is 0 Å². The number of hydrogen-bond acceptors (Lipinski definition) is 1. The Bertz CT molecular complexity index is 3240. The molecule has 0 radical (unpaired) electrons. The van der Waals surface area contributed by atoms with E-state index in [0.717, 1.165) is 17.1 Å². The van der Waals surface area contributed by atoms with E-state index < -0.39 is 0 Å². The normalized spacial score (nSPS) is 12.5. The molecule has 10 aromatic carbocycles. The van der Waals surface area contributed by atoms with Gasteiger partial charge in [-0.15, -0.1) is 0 Å². The van der Waals surface area contributed by atoms with Crippen molar-refractivity contribution in [3.05, 3.63) is 248 Å². The summed E-state index contributed by atoms with van der Waals surface area (Å²) in [4.78, 5) is 2.39. The van der Waals surface area contributed by atoms with Gasteiger partial charge in [0, 0.05) is 22.5 Å². The van der Waals surface area contributed by atoms with Crippen molar-refractivity contribution < 1.29 is 0 Å². The molecule has 10 aromatic rings. The summed E-state index contributed by atoms with van der Waals surface area (Å²) in [7, 11) is 0. The summed E-state index contributed by atoms with van der Waals surface area (Å²) >= 11 is 0. The third-order valence-electron chi connectivity index (χ3n) is 12.9. The molecule has 11 rings (SSSR count). The number of benzene rings is 10. The summed E-state index contributed by atoms with van der Waals surface area (Å²) in [6.07, 6.45) is 0. The largest absolute Gasteiger partial charge is 0.310 e. The van der Waals surface area contributed by atoms with Crippen LogP contribution >= 0.6 is 0 Å². The molecule has 1 aliphatic rings. The van der Waals surface area contributed by atoms with Crippen LogP contribution in [0.5, 0.6) is 0 Å². The molecule has 1 aliphatic carbocycles. The second kappa shape index (κ2) is 15.4. The van der Waals surface area contributed by atoms with Gasteiger partial charge in [0.1, 0.15) is 0 Å². The SMILES string of the molecule is CC1(C)c2ccccc2-c2cccc(-c3ccc(N(c4ccc(-c5cccc(-c6cccc7ccccc67)c5)cc4)c4cccc(-c5ccccc5-c5ccccc5)c4)cc3)c21. The molecule has 1 heteroatoms. The van der Waals surface area contributed by atoms with Crippen LogP contribution in [0.4, 0.5) is 17.1 Å². The molecule has 62 heavy (non-hydrogen) atoms. The second-order valence-electron chi connectivity index (χ2n) is 16.9. The summed E-state index contributed by atoms with van der Waals surface area (Å²) in [6, 6.07) is 86.5. The van der Waals surface area contributed by atoms with Crippen LogP contribution in [0.3, 0.4) is 0 Å².